The number of halogens is 2. The number of rotatable bonds is 5. The van der Waals surface area contributed by atoms with Crippen LogP contribution in [-0.4, -0.2) is 30.1 Å². The highest BCUT2D eigenvalue weighted by molar-refractivity contribution is 6.01. The van der Waals surface area contributed by atoms with E-state index < -0.39 is 11.7 Å². The van der Waals surface area contributed by atoms with Gasteiger partial charge in [0.1, 0.15) is 5.82 Å². The third-order valence-corrected chi connectivity index (χ3v) is 6.10. The molecular weight excluding hydrogens is 444 g/mol. The predicted octanol–water partition coefficient (Wildman–Crippen LogP) is 4.65. The number of anilines is 1. The molecule has 7 nitrogen and oxygen atoms in total. The fourth-order valence-corrected chi connectivity index (χ4v) is 4.10. The van der Waals surface area contributed by atoms with Gasteiger partial charge >= 0.3 is 6.29 Å². The molecule has 2 N–H and O–H groups in total. The lowest BCUT2D eigenvalue weighted by Crippen LogP contribution is -2.28. The zero-order chi connectivity index (χ0) is 24.1. The predicted molar refractivity (Wildman–Crippen MR) is 122 cm³/mol. The van der Waals surface area contributed by atoms with E-state index in [9.17, 15) is 18.4 Å². The quantitative estimate of drug-likeness (QED) is 0.570. The SMILES string of the molecule is CNC(=O)c1cccc(-c2nc(NC(=O)C3(c4ccc5c(c4)OC(F)(F)O5)CC3)ccc2C)c1.[HH]. The average molecular weight is 467 g/mol. The Balaban J connectivity index is 0.00000289. The molecule has 34 heavy (non-hydrogen) atoms. The maximum Gasteiger partial charge on any atom is 0.586 e. The fraction of sp³-hybridized carbons (Fsp3) is 0.240. The first-order valence-electron chi connectivity index (χ1n) is 10.7. The molecule has 176 valence electrons. The van der Waals surface area contributed by atoms with Crippen LogP contribution in [0.1, 0.15) is 35.8 Å². The van der Waals surface area contributed by atoms with E-state index in [0.717, 1.165) is 11.1 Å². The van der Waals surface area contributed by atoms with E-state index in [0.29, 0.717) is 35.5 Å². The van der Waals surface area contributed by atoms with Crippen molar-refractivity contribution in [2.24, 2.45) is 0 Å². The molecule has 9 heteroatoms. The van der Waals surface area contributed by atoms with Gasteiger partial charge in [0.05, 0.1) is 11.1 Å². The van der Waals surface area contributed by atoms with Crippen LogP contribution in [0.3, 0.4) is 0 Å². The van der Waals surface area contributed by atoms with E-state index in [-0.39, 0.29) is 24.7 Å². The van der Waals surface area contributed by atoms with Crippen molar-refractivity contribution in [1.82, 2.24) is 10.3 Å². The molecule has 0 spiro atoms. The number of nitrogens with zero attached hydrogens (tertiary/aromatic N) is 1. The molecule has 1 aliphatic carbocycles. The van der Waals surface area contributed by atoms with E-state index in [4.69, 9.17) is 0 Å². The highest BCUT2D eigenvalue weighted by Crippen LogP contribution is 2.52. The molecule has 1 saturated carbocycles. The Morgan fingerprint density at radius 3 is 2.53 bits per heavy atom. The van der Waals surface area contributed by atoms with Crippen LogP contribution in [0.15, 0.2) is 54.6 Å². The summed E-state index contributed by atoms with van der Waals surface area (Å²) >= 11 is 0. The summed E-state index contributed by atoms with van der Waals surface area (Å²) in [5.74, 6) is -0.280. The third-order valence-electron chi connectivity index (χ3n) is 6.10. The van der Waals surface area contributed by atoms with Gasteiger partial charge < -0.3 is 20.1 Å². The van der Waals surface area contributed by atoms with Crippen LogP contribution in [0.4, 0.5) is 14.6 Å². The van der Waals surface area contributed by atoms with Crippen LogP contribution in [0, 0.1) is 6.92 Å². The number of hydrogen-bond acceptors (Lipinski definition) is 5. The van der Waals surface area contributed by atoms with Crippen LogP contribution in [0.2, 0.25) is 0 Å². The van der Waals surface area contributed by atoms with Crippen molar-refractivity contribution < 1.29 is 29.3 Å². The van der Waals surface area contributed by atoms with Crippen molar-refractivity contribution in [3.05, 3.63) is 71.3 Å². The zero-order valence-electron chi connectivity index (χ0n) is 18.4. The van der Waals surface area contributed by atoms with E-state index in [1.54, 1.807) is 37.4 Å². The lowest BCUT2D eigenvalue weighted by molar-refractivity contribution is -0.286. The number of aryl methyl sites for hydroxylation is 1. The molecule has 1 aliphatic heterocycles. The molecule has 0 bridgehead atoms. The Kier molecular flexibility index (Phi) is 5.00. The van der Waals surface area contributed by atoms with Crippen molar-refractivity contribution in [3.8, 4) is 22.8 Å². The van der Waals surface area contributed by atoms with Crippen molar-refractivity contribution in [2.45, 2.75) is 31.5 Å². The summed E-state index contributed by atoms with van der Waals surface area (Å²) in [6, 6.07) is 15.0. The number of alkyl halides is 2. The first-order valence-corrected chi connectivity index (χ1v) is 10.7. The van der Waals surface area contributed by atoms with Crippen molar-refractivity contribution in [2.75, 3.05) is 12.4 Å². The number of hydrogen-bond donors (Lipinski definition) is 2. The summed E-state index contributed by atoms with van der Waals surface area (Å²) in [5, 5.41) is 5.46. The van der Waals surface area contributed by atoms with Gasteiger partial charge in [-0.05, 0) is 61.2 Å². The summed E-state index contributed by atoms with van der Waals surface area (Å²) in [4.78, 5) is 29.8. The minimum atomic E-state index is -3.71. The van der Waals surface area contributed by atoms with Gasteiger partial charge in [0.25, 0.3) is 5.91 Å². The van der Waals surface area contributed by atoms with Crippen LogP contribution in [0.5, 0.6) is 11.5 Å². The van der Waals surface area contributed by atoms with E-state index in [1.165, 1.54) is 12.1 Å². The largest absolute Gasteiger partial charge is 0.586 e. The number of ether oxygens (including phenoxy) is 2. The van der Waals surface area contributed by atoms with Crippen molar-refractivity contribution >= 4 is 17.6 Å². The Labute approximate surface area is 195 Å². The fourth-order valence-electron chi connectivity index (χ4n) is 4.10. The van der Waals surface area contributed by atoms with Gasteiger partial charge in [-0.1, -0.05) is 24.3 Å². The van der Waals surface area contributed by atoms with Gasteiger partial charge in [-0.3, -0.25) is 9.59 Å². The lowest BCUT2D eigenvalue weighted by atomic mass is 9.94. The van der Waals surface area contributed by atoms with Crippen LogP contribution >= 0.6 is 0 Å². The summed E-state index contributed by atoms with van der Waals surface area (Å²) in [5.41, 5.74) is 2.50. The van der Waals surface area contributed by atoms with E-state index >= 15 is 0 Å². The Bertz CT molecular complexity index is 1330. The van der Waals surface area contributed by atoms with Crippen molar-refractivity contribution in [1.29, 1.82) is 0 Å². The first-order chi connectivity index (χ1) is 16.2. The normalized spacial score (nSPS) is 16.6. The smallest absolute Gasteiger partial charge is 0.395 e. The minimum absolute atomic E-state index is 0. The number of carbonyl (C=O) groups is 2. The molecule has 1 fully saturated rings. The Hall–Kier alpha value is -4.01. The van der Waals surface area contributed by atoms with Gasteiger partial charge in [0, 0.05) is 19.6 Å². The second-order valence-corrected chi connectivity index (χ2v) is 8.39. The molecule has 3 aromatic rings. The van der Waals surface area contributed by atoms with Crippen LogP contribution < -0.4 is 20.1 Å². The number of aromatic nitrogens is 1. The molecule has 0 saturated heterocycles. The molecule has 2 heterocycles. The van der Waals surface area contributed by atoms with E-state index in [1.807, 2.05) is 19.1 Å². The minimum Gasteiger partial charge on any atom is -0.395 e. The number of amides is 2. The second-order valence-electron chi connectivity index (χ2n) is 8.39. The summed E-state index contributed by atoms with van der Waals surface area (Å²) < 4.78 is 35.7. The van der Waals surface area contributed by atoms with Crippen LogP contribution in [-0.2, 0) is 10.2 Å². The lowest BCUT2D eigenvalue weighted by Gasteiger charge is -2.17. The standard InChI is InChI=1S/C25H21F2N3O4.H2/c1-14-6-9-20(29-21(14)15-4-3-5-16(12-15)22(31)28-2)30-23(32)24(10-11-24)17-7-8-18-19(13-17)34-25(26,27)33-18;/h3-9,12-13H,10-11H2,1-2H3,(H,28,31)(H,29,30,32);1H. The van der Waals surface area contributed by atoms with E-state index in [2.05, 4.69) is 25.1 Å². The number of pyridine rings is 1. The van der Waals surface area contributed by atoms with Gasteiger partial charge in [-0.2, -0.15) is 0 Å². The molecule has 0 radical (unpaired) electrons. The molecule has 0 atom stereocenters. The first kappa shape index (κ1) is 21.8. The maximum atomic E-state index is 13.4. The topological polar surface area (TPSA) is 89.6 Å². The summed E-state index contributed by atoms with van der Waals surface area (Å²) in [7, 11) is 1.56. The highest BCUT2D eigenvalue weighted by Gasteiger charge is 2.53. The summed E-state index contributed by atoms with van der Waals surface area (Å²) in [6.45, 7) is 1.89. The third kappa shape index (κ3) is 3.83. The monoisotopic (exact) mass is 467 g/mol. The molecule has 1 aromatic heterocycles. The molecule has 0 unspecified atom stereocenters. The Morgan fingerprint density at radius 1 is 1.03 bits per heavy atom. The number of fused-ring (bicyclic) bond motifs is 1. The number of nitrogens with one attached hydrogen (secondary N) is 2. The zero-order valence-corrected chi connectivity index (χ0v) is 18.4. The molecule has 2 aliphatic rings. The van der Waals surface area contributed by atoms with Crippen molar-refractivity contribution in [3.63, 3.8) is 0 Å². The number of benzene rings is 2. The Morgan fingerprint density at radius 2 is 1.79 bits per heavy atom. The number of carbonyl (C=O) groups excluding carboxylic acids is 2. The van der Waals surface area contributed by atoms with Crippen LogP contribution in [0.25, 0.3) is 11.3 Å². The maximum absolute atomic E-state index is 13.4. The molecule has 2 amide bonds. The average Bonchev–Trinajstić information content (AvgIpc) is 3.57. The molecule has 5 rings (SSSR count). The summed E-state index contributed by atoms with van der Waals surface area (Å²) in [6.07, 6.45) is -2.57. The molecular formula is C25H23F2N3O4. The van der Waals surface area contributed by atoms with Gasteiger partial charge in [0.15, 0.2) is 11.5 Å². The van der Waals surface area contributed by atoms with Gasteiger partial charge in [0.2, 0.25) is 5.91 Å². The molecule has 2 aromatic carbocycles. The van der Waals surface area contributed by atoms with Gasteiger partial charge in [-0.15, -0.1) is 8.78 Å². The van der Waals surface area contributed by atoms with Gasteiger partial charge in [-0.25, -0.2) is 4.98 Å². The highest BCUT2D eigenvalue weighted by atomic mass is 19.3. The second kappa shape index (κ2) is 7.79.